The number of sulfone groups is 1. The van der Waals surface area contributed by atoms with Crippen LogP contribution in [0.2, 0.25) is 0 Å². The largest absolute Gasteiger partial charge is 0.393 e. The fourth-order valence-corrected chi connectivity index (χ4v) is 3.61. The molecule has 1 aliphatic heterocycles. The Morgan fingerprint density at radius 2 is 1.92 bits per heavy atom. The predicted octanol–water partition coefficient (Wildman–Crippen LogP) is 1.45. The van der Waals surface area contributed by atoms with Gasteiger partial charge in [-0.2, -0.15) is 0 Å². The lowest BCUT2D eigenvalue weighted by molar-refractivity contribution is 0.0611. The van der Waals surface area contributed by atoms with E-state index in [4.69, 9.17) is 0 Å². The van der Waals surface area contributed by atoms with Crippen LogP contribution in [-0.2, 0) is 16.3 Å². The summed E-state index contributed by atoms with van der Waals surface area (Å²) >= 11 is 0. The molecule has 2 amide bonds. The van der Waals surface area contributed by atoms with E-state index in [1.54, 1.807) is 4.90 Å². The van der Waals surface area contributed by atoms with Gasteiger partial charge in [0, 0.05) is 25.9 Å². The molecule has 0 aliphatic carbocycles. The molecule has 140 valence electrons. The molecule has 1 aromatic carbocycles. The van der Waals surface area contributed by atoms with Gasteiger partial charge in [0.05, 0.1) is 11.9 Å². The van der Waals surface area contributed by atoms with Crippen molar-refractivity contribution in [1.82, 2.24) is 10.2 Å². The number of rotatable bonds is 7. The van der Waals surface area contributed by atoms with Crippen LogP contribution in [0.25, 0.3) is 0 Å². The summed E-state index contributed by atoms with van der Waals surface area (Å²) in [5.74, 6) is 0.164. The van der Waals surface area contributed by atoms with E-state index in [9.17, 15) is 18.3 Å². The van der Waals surface area contributed by atoms with Gasteiger partial charge in [-0.25, -0.2) is 13.2 Å². The molecular formula is C18H28N2O4S. The number of carbonyl (C=O) groups is 1. The molecule has 1 heterocycles. The van der Waals surface area contributed by atoms with Crippen molar-refractivity contribution in [3.8, 4) is 0 Å². The van der Waals surface area contributed by atoms with E-state index < -0.39 is 9.84 Å². The number of carbonyl (C=O) groups excluding carboxylic acids is 1. The Hall–Kier alpha value is -1.60. The molecule has 1 saturated heterocycles. The van der Waals surface area contributed by atoms with Gasteiger partial charge in [0.1, 0.15) is 9.84 Å². The normalized spacial score (nSPS) is 17.3. The molecule has 7 heteroatoms. The van der Waals surface area contributed by atoms with Gasteiger partial charge in [0.15, 0.2) is 0 Å². The minimum atomic E-state index is -3.07. The molecule has 0 unspecified atom stereocenters. The quantitative estimate of drug-likeness (QED) is 0.763. The van der Waals surface area contributed by atoms with E-state index >= 15 is 0 Å². The van der Waals surface area contributed by atoms with Gasteiger partial charge in [0.25, 0.3) is 0 Å². The molecule has 1 fully saturated rings. The lowest BCUT2D eigenvalue weighted by Crippen LogP contribution is -2.46. The first kappa shape index (κ1) is 19.7. The molecule has 0 bridgehead atoms. The van der Waals surface area contributed by atoms with Gasteiger partial charge in [-0.1, -0.05) is 30.3 Å². The van der Waals surface area contributed by atoms with Crippen molar-refractivity contribution in [1.29, 1.82) is 0 Å². The van der Waals surface area contributed by atoms with Crippen LogP contribution < -0.4 is 5.32 Å². The van der Waals surface area contributed by atoms with Gasteiger partial charge in [-0.05, 0) is 37.2 Å². The van der Waals surface area contributed by atoms with Gasteiger partial charge in [-0.3, -0.25) is 0 Å². The lowest BCUT2D eigenvalue weighted by Gasteiger charge is -2.34. The number of aliphatic hydroxyl groups is 1. The van der Waals surface area contributed by atoms with Gasteiger partial charge in [0.2, 0.25) is 0 Å². The van der Waals surface area contributed by atoms with Crippen LogP contribution in [0.4, 0.5) is 4.79 Å². The van der Waals surface area contributed by atoms with Crippen LogP contribution in [0.3, 0.4) is 0 Å². The van der Waals surface area contributed by atoms with Crippen LogP contribution in [0.1, 0.15) is 24.8 Å². The van der Waals surface area contributed by atoms with Gasteiger partial charge < -0.3 is 15.3 Å². The maximum absolute atomic E-state index is 12.0. The third-order valence-electron chi connectivity index (χ3n) is 4.69. The van der Waals surface area contributed by atoms with Crippen molar-refractivity contribution < 1.29 is 18.3 Å². The molecule has 6 nitrogen and oxygen atoms in total. The van der Waals surface area contributed by atoms with Crippen LogP contribution in [-0.4, -0.2) is 62.2 Å². The summed E-state index contributed by atoms with van der Waals surface area (Å²) in [6, 6.07) is 9.90. The first-order chi connectivity index (χ1) is 11.8. The molecule has 2 N–H and O–H groups in total. The van der Waals surface area contributed by atoms with Crippen molar-refractivity contribution in [3.05, 3.63) is 35.9 Å². The number of nitrogens with one attached hydrogen (secondary N) is 1. The van der Waals surface area contributed by atoms with Crippen LogP contribution in [0, 0.1) is 5.92 Å². The SMILES string of the molecule is CS(=O)(=O)CCNC(=O)N1CCC([C@H](O)CCc2ccccc2)CC1. The second kappa shape index (κ2) is 9.20. The Bertz CT molecular complexity index is 640. The number of amides is 2. The highest BCUT2D eigenvalue weighted by atomic mass is 32.2. The summed E-state index contributed by atoms with van der Waals surface area (Å²) in [7, 11) is -3.07. The maximum Gasteiger partial charge on any atom is 0.317 e. The van der Waals surface area contributed by atoms with Gasteiger partial charge in [-0.15, -0.1) is 0 Å². The summed E-state index contributed by atoms with van der Waals surface area (Å²) in [6.07, 6.45) is 3.94. The number of benzene rings is 1. The van der Waals surface area contributed by atoms with E-state index in [0.29, 0.717) is 13.1 Å². The zero-order valence-electron chi connectivity index (χ0n) is 14.7. The van der Waals surface area contributed by atoms with Gasteiger partial charge >= 0.3 is 6.03 Å². The molecule has 2 rings (SSSR count). The summed E-state index contributed by atoms with van der Waals surface area (Å²) in [5, 5.41) is 13.1. The van der Waals surface area contributed by atoms with E-state index in [0.717, 1.165) is 31.9 Å². The lowest BCUT2D eigenvalue weighted by atomic mass is 9.88. The number of piperidine rings is 1. The average molecular weight is 368 g/mol. The fraction of sp³-hybridized carbons (Fsp3) is 0.611. The second-order valence-electron chi connectivity index (χ2n) is 6.78. The molecule has 1 atom stereocenters. The third kappa shape index (κ3) is 7.04. The standard InChI is InChI=1S/C18H28N2O4S/c1-25(23,24)14-11-19-18(22)20-12-9-16(10-13-20)17(21)8-7-15-5-3-2-4-6-15/h2-6,16-17,21H,7-14H2,1H3,(H,19,22)/t17-/m1/s1. The Morgan fingerprint density at radius 1 is 1.28 bits per heavy atom. The van der Waals surface area contributed by atoms with Crippen molar-refractivity contribution >= 4 is 15.9 Å². The fourth-order valence-electron chi connectivity index (χ4n) is 3.14. The topological polar surface area (TPSA) is 86.7 Å². The number of urea groups is 1. The number of likely N-dealkylation sites (tertiary alicyclic amines) is 1. The van der Waals surface area contributed by atoms with Crippen LogP contribution in [0.5, 0.6) is 0 Å². The van der Waals surface area contributed by atoms with Crippen LogP contribution in [0.15, 0.2) is 30.3 Å². The smallest absolute Gasteiger partial charge is 0.317 e. The molecule has 0 saturated carbocycles. The summed E-state index contributed by atoms with van der Waals surface area (Å²) in [6.45, 7) is 1.33. The minimum Gasteiger partial charge on any atom is -0.393 e. The highest BCUT2D eigenvalue weighted by Crippen LogP contribution is 2.23. The Labute approximate surface area is 150 Å². The van der Waals surface area contributed by atoms with Crippen molar-refractivity contribution in [3.63, 3.8) is 0 Å². The first-order valence-electron chi connectivity index (χ1n) is 8.77. The zero-order chi connectivity index (χ0) is 18.3. The van der Waals surface area contributed by atoms with E-state index in [-0.39, 0.29) is 30.4 Å². The summed E-state index contributed by atoms with van der Waals surface area (Å²) in [5.41, 5.74) is 1.23. The predicted molar refractivity (Wildman–Crippen MR) is 98.2 cm³/mol. The molecule has 0 aromatic heterocycles. The number of hydrogen-bond donors (Lipinski definition) is 2. The Kier molecular flexibility index (Phi) is 7.25. The Morgan fingerprint density at radius 3 is 2.52 bits per heavy atom. The average Bonchev–Trinajstić information content (AvgIpc) is 2.59. The monoisotopic (exact) mass is 368 g/mol. The first-order valence-corrected chi connectivity index (χ1v) is 10.8. The van der Waals surface area contributed by atoms with Crippen molar-refractivity contribution in [2.45, 2.75) is 31.8 Å². The minimum absolute atomic E-state index is 0.0482. The molecular weight excluding hydrogens is 340 g/mol. The highest BCUT2D eigenvalue weighted by Gasteiger charge is 2.27. The molecule has 0 radical (unpaired) electrons. The molecule has 25 heavy (non-hydrogen) atoms. The Balaban J connectivity index is 1.68. The third-order valence-corrected chi connectivity index (χ3v) is 5.64. The molecule has 1 aliphatic rings. The number of hydrogen-bond acceptors (Lipinski definition) is 4. The number of aliphatic hydroxyl groups excluding tert-OH is 1. The molecule has 1 aromatic rings. The maximum atomic E-state index is 12.0. The van der Waals surface area contributed by atoms with Crippen molar-refractivity contribution in [2.75, 3.05) is 31.6 Å². The summed E-state index contributed by atoms with van der Waals surface area (Å²) < 4.78 is 22.2. The second-order valence-corrected chi connectivity index (χ2v) is 9.04. The van der Waals surface area contributed by atoms with E-state index in [1.165, 1.54) is 5.56 Å². The summed E-state index contributed by atoms with van der Waals surface area (Å²) in [4.78, 5) is 13.7. The van der Waals surface area contributed by atoms with Crippen LogP contribution >= 0.6 is 0 Å². The number of nitrogens with zero attached hydrogens (tertiary/aromatic N) is 1. The number of aryl methyl sites for hydroxylation is 1. The van der Waals surface area contributed by atoms with E-state index in [2.05, 4.69) is 17.4 Å². The zero-order valence-corrected chi connectivity index (χ0v) is 15.5. The highest BCUT2D eigenvalue weighted by molar-refractivity contribution is 7.90. The van der Waals surface area contributed by atoms with Crippen molar-refractivity contribution in [2.24, 2.45) is 5.92 Å². The van der Waals surface area contributed by atoms with E-state index in [1.807, 2.05) is 18.2 Å². The molecule has 0 spiro atoms.